The smallest absolute Gasteiger partial charge is 0.231 e. The molecule has 0 saturated carbocycles. The zero-order chi connectivity index (χ0) is 14.1. The summed E-state index contributed by atoms with van der Waals surface area (Å²) in [4.78, 5) is 12.2. The topological polar surface area (TPSA) is 35.5 Å². The second-order valence-electron chi connectivity index (χ2n) is 4.36. The molecule has 3 rings (SSSR count). The molecule has 1 aliphatic rings. The quantitative estimate of drug-likeness (QED) is 0.784. The van der Waals surface area contributed by atoms with Gasteiger partial charge < -0.3 is 9.47 Å². The van der Waals surface area contributed by atoms with Crippen molar-refractivity contribution in [2.75, 3.05) is 7.11 Å². The number of ether oxygens (including phenoxy) is 2. The Kier molecular flexibility index (Phi) is 2.99. The van der Waals surface area contributed by atoms with Crippen LogP contribution in [0.1, 0.15) is 15.9 Å². The van der Waals surface area contributed by atoms with Gasteiger partial charge in [-0.25, -0.2) is 4.39 Å². The molecule has 1 heterocycles. The van der Waals surface area contributed by atoms with E-state index in [1.54, 1.807) is 37.4 Å². The van der Waals surface area contributed by atoms with Crippen LogP contribution in [0.3, 0.4) is 0 Å². The fourth-order valence-corrected chi connectivity index (χ4v) is 2.04. The summed E-state index contributed by atoms with van der Waals surface area (Å²) < 4.78 is 23.7. The third kappa shape index (κ3) is 2.16. The highest BCUT2D eigenvalue weighted by Gasteiger charge is 2.27. The van der Waals surface area contributed by atoms with Gasteiger partial charge >= 0.3 is 0 Å². The van der Waals surface area contributed by atoms with Crippen molar-refractivity contribution in [1.82, 2.24) is 0 Å². The van der Waals surface area contributed by atoms with Gasteiger partial charge in [0.1, 0.15) is 17.3 Å². The number of hydrogen-bond donors (Lipinski definition) is 0. The molecular formula is C16H11FO3. The monoisotopic (exact) mass is 270 g/mol. The lowest BCUT2D eigenvalue weighted by Gasteiger charge is -2.01. The first-order valence-corrected chi connectivity index (χ1v) is 6.05. The number of carbonyl (C=O) groups excluding carboxylic acids is 1. The summed E-state index contributed by atoms with van der Waals surface area (Å²) in [5.74, 6) is 0.676. The van der Waals surface area contributed by atoms with Gasteiger partial charge in [0, 0.05) is 6.07 Å². The van der Waals surface area contributed by atoms with Gasteiger partial charge in [0.2, 0.25) is 5.78 Å². The second-order valence-corrected chi connectivity index (χ2v) is 4.36. The van der Waals surface area contributed by atoms with Crippen molar-refractivity contribution in [1.29, 1.82) is 0 Å². The molecule has 100 valence electrons. The summed E-state index contributed by atoms with van der Waals surface area (Å²) in [6, 6.07) is 11.0. The molecule has 3 nitrogen and oxygen atoms in total. The second kappa shape index (κ2) is 4.81. The van der Waals surface area contributed by atoms with Crippen LogP contribution in [0.5, 0.6) is 11.5 Å². The Labute approximate surface area is 115 Å². The largest absolute Gasteiger partial charge is 0.497 e. The summed E-state index contributed by atoms with van der Waals surface area (Å²) in [5.41, 5.74) is 1.06. The van der Waals surface area contributed by atoms with E-state index in [0.29, 0.717) is 22.6 Å². The van der Waals surface area contributed by atoms with Crippen LogP contribution >= 0.6 is 0 Å². The van der Waals surface area contributed by atoms with Gasteiger partial charge in [-0.1, -0.05) is 12.1 Å². The minimum absolute atomic E-state index is 0.179. The standard InChI is InChI=1S/C16H11FO3/c1-19-12-5-6-13-14(9-12)20-15(16(13)18)8-10-3-2-4-11(17)7-10/h2-9H,1H3. The van der Waals surface area contributed by atoms with E-state index in [1.807, 2.05) is 0 Å². The van der Waals surface area contributed by atoms with Crippen LogP contribution in [-0.2, 0) is 0 Å². The molecule has 20 heavy (non-hydrogen) atoms. The number of rotatable bonds is 2. The van der Waals surface area contributed by atoms with Crippen molar-refractivity contribution < 1.29 is 18.7 Å². The number of carbonyl (C=O) groups is 1. The molecule has 0 bridgehead atoms. The number of ketones is 1. The number of hydrogen-bond acceptors (Lipinski definition) is 3. The van der Waals surface area contributed by atoms with Crippen LogP contribution in [0.15, 0.2) is 48.2 Å². The van der Waals surface area contributed by atoms with Crippen LogP contribution in [0, 0.1) is 5.82 Å². The summed E-state index contributed by atoms with van der Waals surface area (Å²) in [6.45, 7) is 0. The Morgan fingerprint density at radius 3 is 2.80 bits per heavy atom. The van der Waals surface area contributed by atoms with Gasteiger partial charge in [-0.3, -0.25) is 4.79 Å². The van der Waals surface area contributed by atoms with Crippen LogP contribution in [-0.4, -0.2) is 12.9 Å². The number of methoxy groups -OCH3 is 1. The molecule has 0 spiro atoms. The molecule has 0 unspecified atom stereocenters. The molecule has 0 fully saturated rings. The lowest BCUT2D eigenvalue weighted by Crippen LogP contribution is -1.98. The normalized spacial score (nSPS) is 15.1. The first-order chi connectivity index (χ1) is 9.67. The highest BCUT2D eigenvalue weighted by atomic mass is 19.1. The first-order valence-electron chi connectivity index (χ1n) is 6.05. The molecule has 0 N–H and O–H groups in total. The molecule has 1 aliphatic heterocycles. The zero-order valence-electron chi connectivity index (χ0n) is 10.7. The number of benzene rings is 2. The molecule has 0 radical (unpaired) electrons. The summed E-state index contributed by atoms with van der Waals surface area (Å²) >= 11 is 0. The lowest BCUT2D eigenvalue weighted by molar-refractivity contribution is 0.101. The number of fused-ring (bicyclic) bond motifs is 1. The van der Waals surface area contributed by atoms with Crippen LogP contribution in [0.2, 0.25) is 0 Å². The molecule has 0 saturated heterocycles. The Morgan fingerprint density at radius 2 is 2.05 bits per heavy atom. The lowest BCUT2D eigenvalue weighted by atomic mass is 10.1. The molecule has 2 aromatic carbocycles. The van der Waals surface area contributed by atoms with Crippen molar-refractivity contribution in [2.24, 2.45) is 0 Å². The van der Waals surface area contributed by atoms with E-state index in [-0.39, 0.29) is 17.4 Å². The van der Waals surface area contributed by atoms with Gasteiger partial charge in [0.15, 0.2) is 5.76 Å². The highest BCUT2D eigenvalue weighted by molar-refractivity contribution is 6.14. The third-order valence-corrected chi connectivity index (χ3v) is 3.02. The van der Waals surface area contributed by atoms with Crippen molar-refractivity contribution in [3.63, 3.8) is 0 Å². The third-order valence-electron chi connectivity index (χ3n) is 3.02. The fourth-order valence-electron chi connectivity index (χ4n) is 2.04. The number of halogens is 1. The van der Waals surface area contributed by atoms with Crippen LogP contribution in [0.4, 0.5) is 4.39 Å². The number of allylic oxidation sites excluding steroid dienone is 1. The maximum Gasteiger partial charge on any atom is 0.231 e. The average molecular weight is 270 g/mol. The van der Waals surface area contributed by atoms with Crippen molar-refractivity contribution in [3.05, 3.63) is 65.2 Å². The van der Waals surface area contributed by atoms with E-state index in [9.17, 15) is 9.18 Å². The van der Waals surface area contributed by atoms with Crippen molar-refractivity contribution in [2.45, 2.75) is 0 Å². The Hall–Kier alpha value is -2.62. The van der Waals surface area contributed by atoms with Gasteiger partial charge in [0.25, 0.3) is 0 Å². The Balaban J connectivity index is 1.97. The predicted octanol–water partition coefficient (Wildman–Crippen LogP) is 3.45. The van der Waals surface area contributed by atoms with Crippen molar-refractivity contribution >= 4 is 11.9 Å². The van der Waals surface area contributed by atoms with E-state index in [1.165, 1.54) is 18.2 Å². The molecule has 4 heteroatoms. The SMILES string of the molecule is COc1ccc2c(c1)OC(=Cc1cccc(F)c1)C2=O. The van der Waals surface area contributed by atoms with Gasteiger partial charge in [-0.2, -0.15) is 0 Å². The minimum Gasteiger partial charge on any atom is -0.497 e. The predicted molar refractivity (Wildman–Crippen MR) is 72.3 cm³/mol. The van der Waals surface area contributed by atoms with E-state index in [4.69, 9.17) is 9.47 Å². The molecule has 0 aromatic heterocycles. The fraction of sp³-hybridized carbons (Fsp3) is 0.0625. The molecule has 2 aromatic rings. The Bertz CT molecular complexity index is 719. The minimum atomic E-state index is -0.357. The maximum absolute atomic E-state index is 13.1. The molecule has 0 amide bonds. The number of Topliss-reactive ketones (excluding diaryl/α,β-unsaturated/α-hetero) is 1. The van der Waals surface area contributed by atoms with E-state index in [0.717, 1.165) is 0 Å². The summed E-state index contributed by atoms with van der Waals surface area (Å²) in [5, 5.41) is 0. The van der Waals surface area contributed by atoms with Gasteiger partial charge in [-0.05, 0) is 35.9 Å². The highest BCUT2D eigenvalue weighted by Crippen LogP contribution is 2.34. The Morgan fingerprint density at radius 1 is 1.20 bits per heavy atom. The van der Waals surface area contributed by atoms with E-state index >= 15 is 0 Å². The van der Waals surface area contributed by atoms with Crippen LogP contribution in [0.25, 0.3) is 6.08 Å². The molecule has 0 aliphatic carbocycles. The maximum atomic E-state index is 13.1. The van der Waals surface area contributed by atoms with Gasteiger partial charge in [-0.15, -0.1) is 0 Å². The summed E-state index contributed by atoms with van der Waals surface area (Å²) in [6.07, 6.45) is 1.53. The average Bonchev–Trinajstić information content (AvgIpc) is 2.75. The van der Waals surface area contributed by atoms with Crippen LogP contribution < -0.4 is 9.47 Å². The molecule has 0 atom stereocenters. The van der Waals surface area contributed by atoms with E-state index < -0.39 is 0 Å². The van der Waals surface area contributed by atoms with E-state index in [2.05, 4.69) is 0 Å². The first kappa shape index (κ1) is 12.4. The van der Waals surface area contributed by atoms with Gasteiger partial charge in [0.05, 0.1) is 12.7 Å². The zero-order valence-corrected chi connectivity index (χ0v) is 10.7. The van der Waals surface area contributed by atoms with Crippen molar-refractivity contribution in [3.8, 4) is 11.5 Å². The molecular weight excluding hydrogens is 259 g/mol. The summed E-state index contributed by atoms with van der Waals surface area (Å²) in [7, 11) is 1.54.